The molecule has 0 heterocycles. The van der Waals surface area contributed by atoms with Crippen molar-refractivity contribution in [2.75, 3.05) is 0 Å². The quantitative estimate of drug-likeness (QED) is 0.735. The number of carbonyl (C=O) groups is 2. The summed E-state index contributed by atoms with van der Waals surface area (Å²) < 4.78 is 0. The van der Waals surface area contributed by atoms with Crippen molar-refractivity contribution in [3.8, 4) is 0 Å². The first kappa shape index (κ1) is 13.7. The van der Waals surface area contributed by atoms with E-state index < -0.39 is 18.1 Å². The number of fused-ring (bicyclic) bond motifs is 1. The van der Waals surface area contributed by atoms with Crippen molar-refractivity contribution < 1.29 is 19.8 Å². The van der Waals surface area contributed by atoms with Gasteiger partial charge in [0.15, 0.2) is 5.78 Å². The van der Waals surface area contributed by atoms with Crippen molar-refractivity contribution in [1.82, 2.24) is 0 Å². The Hall–Kier alpha value is -1.72. The fourth-order valence-electron chi connectivity index (χ4n) is 2.37. The Morgan fingerprint density at radius 3 is 2.74 bits per heavy atom. The lowest BCUT2D eigenvalue weighted by Crippen LogP contribution is -2.26. The van der Waals surface area contributed by atoms with Gasteiger partial charge >= 0.3 is 0 Å². The number of carbonyl (C=O) groups excluding carboxylic acids is 2. The molecule has 5 heteroatoms. The van der Waals surface area contributed by atoms with E-state index in [0.717, 1.165) is 18.4 Å². The Balaban J connectivity index is 2.23. The molecule has 0 aliphatic heterocycles. The number of hydrogen-bond acceptors (Lipinski definition) is 4. The van der Waals surface area contributed by atoms with Crippen LogP contribution in [0.2, 0.25) is 0 Å². The maximum Gasteiger partial charge on any atom is 0.220 e. The normalized spacial score (nSPS) is 17.7. The molecule has 0 fully saturated rings. The highest BCUT2D eigenvalue weighted by Gasteiger charge is 2.23. The van der Waals surface area contributed by atoms with Gasteiger partial charge in [-0.2, -0.15) is 0 Å². The third kappa shape index (κ3) is 3.00. The average Bonchev–Trinajstić information content (AvgIpc) is 2.37. The van der Waals surface area contributed by atoms with Crippen LogP contribution in [0.1, 0.15) is 46.9 Å². The molecule has 2 unspecified atom stereocenters. The summed E-state index contributed by atoms with van der Waals surface area (Å²) in [6.07, 6.45) is -0.580. The maximum absolute atomic E-state index is 11.8. The minimum absolute atomic E-state index is 0.0553. The van der Waals surface area contributed by atoms with Gasteiger partial charge in [-0.05, 0) is 30.0 Å². The number of Topliss-reactive ketones (excluding diaryl/α,β-unsaturated/α-hetero) is 1. The van der Waals surface area contributed by atoms with E-state index in [-0.39, 0.29) is 12.2 Å². The molecule has 2 atom stereocenters. The summed E-state index contributed by atoms with van der Waals surface area (Å²) >= 11 is 0. The molecule has 19 heavy (non-hydrogen) atoms. The summed E-state index contributed by atoms with van der Waals surface area (Å²) in [4.78, 5) is 22.5. The van der Waals surface area contributed by atoms with Gasteiger partial charge in [0.1, 0.15) is 6.10 Å². The number of aliphatic hydroxyl groups excluding tert-OH is 2. The molecule has 1 aromatic rings. The van der Waals surface area contributed by atoms with E-state index in [1.807, 2.05) is 0 Å². The lowest BCUT2D eigenvalue weighted by molar-refractivity contribution is -0.121. The van der Waals surface area contributed by atoms with Gasteiger partial charge in [0.25, 0.3) is 0 Å². The number of rotatable bonds is 4. The summed E-state index contributed by atoms with van der Waals surface area (Å²) in [5.74, 6) is -0.625. The Morgan fingerprint density at radius 1 is 1.32 bits per heavy atom. The number of hydrogen-bond donors (Lipinski definition) is 3. The molecule has 0 radical (unpaired) electrons. The number of nitrogens with two attached hydrogens (primary N) is 1. The predicted octanol–water partition coefficient (Wildman–Crippen LogP) is 0.475. The van der Waals surface area contributed by atoms with Crippen molar-refractivity contribution in [2.45, 2.75) is 37.9 Å². The van der Waals surface area contributed by atoms with Crippen LogP contribution in [-0.4, -0.2) is 28.0 Å². The summed E-state index contributed by atoms with van der Waals surface area (Å²) in [6.45, 7) is 0. The molecule has 0 saturated heterocycles. The number of primary amides is 1. The number of aryl methyl sites for hydroxylation is 1. The Morgan fingerprint density at radius 2 is 2.05 bits per heavy atom. The van der Waals surface area contributed by atoms with Crippen LogP contribution in [0.4, 0.5) is 0 Å². The average molecular weight is 263 g/mol. The van der Waals surface area contributed by atoms with Gasteiger partial charge in [-0.25, -0.2) is 0 Å². The van der Waals surface area contributed by atoms with Crippen LogP contribution in [0.3, 0.4) is 0 Å². The van der Waals surface area contributed by atoms with Crippen LogP contribution in [0.5, 0.6) is 0 Å². The Labute approximate surface area is 111 Å². The van der Waals surface area contributed by atoms with Crippen LogP contribution in [0, 0.1) is 0 Å². The standard InChI is InChI=1S/C14H17NO4/c15-13(18)7-12(17)14(19)9-5-4-8-2-1-3-11(16)10(8)6-9/h4-6,12,14,17,19H,1-3,7H2,(H2,15,18). The summed E-state index contributed by atoms with van der Waals surface area (Å²) in [5, 5.41) is 19.6. The fraction of sp³-hybridized carbons (Fsp3) is 0.429. The second kappa shape index (κ2) is 5.50. The van der Waals surface area contributed by atoms with Crippen LogP contribution >= 0.6 is 0 Å². The molecular weight excluding hydrogens is 246 g/mol. The number of amides is 1. The molecule has 0 aromatic heterocycles. The van der Waals surface area contributed by atoms with Gasteiger partial charge in [-0.1, -0.05) is 12.1 Å². The largest absolute Gasteiger partial charge is 0.390 e. The Bertz CT molecular complexity index is 512. The third-order valence-corrected chi connectivity index (χ3v) is 3.40. The van der Waals surface area contributed by atoms with E-state index in [4.69, 9.17) is 5.73 Å². The second-order valence-corrected chi connectivity index (χ2v) is 4.88. The van der Waals surface area contributed by atoms with Crippen molar-refractivity contribution in [2.24, 2.45) is 5.73 Å². The van der Waals surface area contributed by atoms with Gasteiger partial charge < -0.3 is 15.9 Å². The molecule has 0 spiro atoms. The maximum atomic E-state index is 11.8. The van der Waals surface area contributed by atoms with Gasteiger partial charge in [-0.15, -0.1) is 0 Å². The molecule has 0 bridgehead atoms. The number of ketones is 1. The van der Waals surface area contributed by atoms with E-state index >= 15 is 0 Å². The van der Waals surface area contributed by atoms with Crippen molar-refractivity contribution in [3.63, 3.8) is 0 Å². The molecule has 2 rings (SSSR count). The first-order valence-electron chi connectivity index (χ1n) is 6.29. The van der Waals surface area contributed by atoms with Crippen molar-refractivity contribution >= 4 is 11.7 Å². The first-order chi connectivity index (χ1) is 8.99. The van der Waals surface area contributed by atoms with Gasteiger partial charge in [0.2, 0.25) is 5.91 Å². The zero-order chi connectivity index (χ0) is 14.0. The van der Waals surface area contributed by atoms with Crippen LogP contribution < -0.4 is 5.73 Å². The highest BCUT2D eigenvalue weighted by molar-refractivity contribution is 5.98. The molecule has 1 amide bonds. The van der Waals surface area contributed by atoms with Crippen LogP contribution in [0.15, 0.2) is 18.2 Å². The fourth-order valence-corrected chi connectivity index (χ4v) is 2.37. The predicted molar refractivity (Wildman–Crippen MR) is 68.5 cm³/mol. The van der Waals surface area contributed by atoms with E-state index in [1.165, 1.54) is 0 Å². The lowest BCUT2D eigenvalue weighted by atomic mass is 9.88. The van der Waals surface area contributed by atoms with E-state index in [0.29, 0.717) is 17.5 Å². The summed E-state index contributed by atoms with van der Waals surface area (Å²) in [7, 11) is 0. The number of aliphatic hydroxyl groups is 2. The van der Waals surface area contributed by atoms with Gasteiger partial charge in [0, 0.05) is 12.0 Å². The van der Waals surface area contributed by atoms with Gasteiger partial charge in [0.05, 0.1) is 12.5 Å². The zero-order valence-electron chi connectivity index (χ0n) is 10.5. The van der Waals surface area contributed by atoms with Gasteiger partial charge in [-0.3, -0.25) is 9.59 Å². The minimum Gasteiger partial charge on any atom is -0.390 e. The van der Waals surface area contributed by atoms with Crippen LogP contribution in [0.25, 0.3) is 0 Å². The van der Waals surface area contributed by atoms with Crippen molar-refractivity contribution in [1.29, 1.82) is 0 Å². The molecule has 1 aliphatic carbocycles. The van der Waals surface area contributed by atoms with Crippen LogP contribution in [-0.2, 0) is 11.2 Å². The molecule has 4 N–H and O–H groups in total. The highest BCUT2D eigenvalue weighted by Crippen LogP contribution is 2.26. The lowest BCUT2D eigenvalue weighted by Gasteiger charge is -2.20. The van der Waals surface area contributed by atoms with E-state index in [9.17, 15) is 19.8 Å². The number of benzene rings is 1. The first-order valence-corrected chi connectivity index (χ1v) is 6.29. The molecule has 1 aromatic carbocycles. The zero-order valence-corrected chi connectivity index (χ0v) is 10.5. The monoisotopic (exact) mass is 263 g/mol. The smallest absolute Gasteiger partial charge is 0.220 e. The molecule has 0 saturated carbocycles. The second-order valence-electron chi connectivity index (χ2n) is 4.88. The van der Waals surface area contributed by atoms with E-state index in [2.05, 4.69) is 0 Å². The minimum atomic E-state index is -1.26. The molecule has 5 nitrogen and oxygen atoms in total. The van der Waals surface area contributed by atoms with E-state index in [1.54, 1.807) is 18.2 Å². The summed E-state index contributed by atoms with van der Waals surface area (Å²) in [5.41, 5.74) is 6.99. The molecular formula is C14H17NO4. The Kier molecular flexibility index (Phi) is 3.97. The topological polar surface area (TPSA) is 101 Å². The summed E-state index contributed by atoms with van der Waals surface area (Å²) in [6, 6.07) is 5.07. The third-order valence-electron chi connectivity index (χ3n) is 3.40. The SMILES string of the molecule is NC(=O)CC(O)C(O)c1ccc2c(c1)C(=O)CCC2. The van der Waals surface area contributed by atoms with Crippen molar-refractivity contribution in [3.05, 3.63) is 34.9 Å². The molecule has 102 valence electrons. The highest BCUT2D eigenvalue weighted by atomic mass is 16.3. The molecule has 1 aliphatic rings.